The Balaban J connectivity index is 0.866. The average molecular weight is 915 g/mol. The summed E-state index contributed by atoms with van der Waals surface area (Å²) in [5, 5.41) is 19.9. The quantitative estimate of drug-likeness (QED) is 0.146. The van der Waals surface area contributed by atoms with Crippen LogP contribution in [0.25, 0.3) is 0 Å². The lowest BCUT2D eigenvalue weighted by Gasteiger charge is -2.39. The van der Waals surface area contributed by atoms with E-state index in [4.69, 9.17) is 14.7 Å². The van der Waals surface area contributed by atoms with Gasteiger partial charge in [0.15, 0.2) is 0 Å². The number of aliphatic carboxylic acids is 1. The van der Waals surface area contributed by atoms with E-state index in [1.54, 1.807) is 23.5 Å². The minimum absolute atomic E-state index is 0.0352. The van der Waals surface area contributed by atoms with Crippen LogP contribution in [0.15, 0.2) is 34.3 Å². The van der Waals surface area contributed by atoms with Gasteiger partial charge in [0.25, 0.3) is 11.8 Å². The Labute approximate surface area is 388 Å². The first-order valence-corrected chi connectivity index (χ1v) is 26.9. The number of carbonyl (C=O) groups excluding carboxylic acids is 3. The monoisotopic (exact) mass is 914 g/mol. The molecule has 5 aliphatic carbocycles. The van der Waals surface area contributed by atoms with Crippen molar-refractivity contribution in [2.24, 2.45) is 17.3 Å². The van der Waals surface area contributed by atoms with Crippen molar-refractivity contribution in [2.75, 3.05) is 36.0 Å². The summed E-state index contributed by atoms with van der Waals surface area (Å²) in [5.74, 6) is -0.947. The zero-order valence-electron chi connectivity index (χ0n) is 37.7. The third-order valence-corrected chi connectivity index (χ3v) is 18.2. The van der Waals surface area contributed by atoms with Crippen molar-refractivity contribution in [3.8, 4) is 0 Å². The average Bonchev–Trinajstić information content (AvgIpc) is 3.62. The predicted octanol–water partition coefficient (Wildman–Crippen LogP) is 9.58. The molecule has 348 valence electrons. The number of anilines is 2. The van der Waals surface area contributed by atoms with Gasteiger partial charge in [-0.05, 0) is 120 Å². The van der Waals surface area contributed by atoms with Crippen LogP contribution < -0.4 is 20.4 Å². The van der Waals surface area contributed by atoms with Gasteiger partial charge < -0.3 is 30.3 Å². The third kappa shape index (κ3) is 10.8. The lowest BCUT2D eigenvalue weighted by molar-refractivity contribution is -0.166. The number of nitrogens with zero attached hydrogens (tertiary/aromatic N) is 4. The van der Waals surface area contributed by atoms with Crippen LogP contribution in [0.4, 0.5) is 11.6 Å². The van der Waals surface area contributed by atoms with Gasteiger partial charge in [-0.3, -0.25) is 19.2 Å². The fraction of sp³-hybridized carbons (Fsp3) is 0.720. The Bertz CT molecular complexity index is 1970. The van der Waals surface area contributed by atoms with E-state index in [2.05, 4.69) is 20.4 Å². The zero-order chi connectivity index (χ0) is 44.0. The van der Waals surface area contributed by atoms with Gasteiger partial charge >= 0.3 is 11.9 Å². The SMILES string of the molecule is O=C(NC1CCCCC1)c1ccc(N2CCCC(OC(=O)C3(C(C(=O)O)[C@H]4CCCN(c5ccc(C(=O)NC6CCCCC6)c(SC6CCCC6)n5)C4)CC3)C2)nc1SC1CCCC1. The van der Waals surface area contributed by atoms with Gasteiger partial charge in [0.1, 0.15) is 27.8 Å². The summed E-state index contributed by atoms with van der Waals surface area (Å²) in [7, 11) is 0. The maximum Gasteiger partial charge on any atom is 0.313 e. The summed E-state index contributed by atoms with van der Waals surface area (Å²) in [4.78, 5) is 69.6. The van der Waals surface area contributed by atoms with Crippen molar-refractivity contribution < 1.29 is 29.0 Å². The Morgan fingerprint density at radius 2 is 1.08 bits per heavy atom. The molecule has 0 bridgehead atoms. The summed E-state index contributed by atoms with van der Waals surface area (Å²) in [6.07, 6.45) is 24.1. The number of nitrogens with one attached hydrogen (secondary N) is 2. The number of ether oxygens (including phenoxy) is 1. The summed E-state index contributed by atoms with van der Waals surface area (Å²) < 4.78 is 6.35. The van der Waals surface area contributed by atoms with Crippen LogP contribution in [0, 0.1) is 17.3 Å². The molecule has 3 N–H and O–H groups in total. The number of amides is 2. The maximum atomic E-state index is 14.3. The maximum absolute atomic E-state index is 14.3. The van der Waals surface area contributed by atoms with Gasteiger partial charge in [-0.1, -0.05) is 64.2 Å². The van der Waals surface area contributed by atoms with E-state index < -0.39 is 17.3 Å². The smallest absolute Gasteiger partial charge is 0.313 e. The molecule has 5 saturated carbocycles. The Morgan fingerprint density at radius 3 is 1.56 bits per heavy atom. The van der Waals surface area contributed by atoms with Crippen LogP contribution in [0.2, 0.25) is 0 Å². The van der Waals surface area contributed by atoms with Crippen molar-refractivity contribution >= 4 is 58.9 Å². The number of hydrogen-bond donors (Lipinski definition) is 3. The number of carboxylic acid groups (broad SMARTS) is 1. The molecule has 7 aliphatic rings. The predicted molar refractivity (Wildman–Crippen MR) is 252 cm³/mol. The first-order valence-electron chi connectivity index (χ1n) is 25.1. The Kier molecular flexibility index (Phi) is 15.0. The molecule has 0 spiro atoms. The number of thioether (sulfide) groups is 2. The van der Waals surface area contributed by atoms with E-state index in [1.165, 1.54) is 38.5 Å². The van der Waals surface area contributed by atoms with Crippen molar-refractivity contribution in [3.05, 3.63) is 35.4 Å². The molecule has 4 heterocycles. The second-order valence-electron chi connectivity index (χ2n) is 20.1. The molecule has 2 aromatic heterocycles. The van der Waals surface area contributed by atoms with E-state index in [1.807, 2.05) is 24.3 Å². The molecule has 3 atom stereocenters. The number of esters is 1. The largest absolute Gasteiger partial charge is 0.481 e. The molecule has 2 aliphatic heterocycles. The van der Waals surface area contributed by atoms with Crippen molar-refractivity contribution in [2.45, 2.75) is 193 Å². The number of carbonyl (C=O) groups is 4. The minimum Gasteiger partial charge on any atom is -0.481 e. The lowest BCUT2D eigenvalue weighted by atomic mass is 9.75. The van der Waals surface area contributed by atoms with E-state index >= 15 is 0 Å². The van der Waals surface area contributed by atoms with Crippen LogP contribution in [-0.4, -0.2) is 93.7 Å². The Hall–Kier alpha value is -3.52. The minimum atomic E-state index is -1.05. The van der Waals surface area contributed by atoms with Gasteiger partial charge in [-0.25, -0.2) is 9.97 Å². The normalized spacial score (nSPS) is 25.2. The highest BCUT2D eigenvalue weighted by molar-refractivity contribution is 8.00. The molecule has 2 unspecified atom stereocenters. The van der Waals surface area contributed by atoms with Gasteiger partial charge in [-0.2, -0.15) is 0 Å². The van der Waals surface area contributed by atoms with Crippen molar-refractivity contribution in [1.29, 1.82) is 0 Å². The first kappa shape index (κ1) is 45.6. The Morgan fingerprint density at radius 1 is 0.609 bits per heavy atom. The van der Waals surface area contributed by atoms with E-state index in [0.29, 0.717) is 60.4 Å². The number of pyridine rings is 2. The van der Waals surface area contributed by atoms with Gasteiger partial charge in [0, 0.05) is 42.2 Å². The highest BCUT2D eigenvalue weighted by Gasteiger charge is 2.62. The third-order valence-electron chi connectivity index (χ3n) is 15.5. The molecule has 2 saturated heterocycles. The molecular formula is C50H70N6O6S2. The van der Waals surface area contributed by atoms with E-state index in [-0.39, 0.29) is 41.9 Å². The summed E-state index contributed by atoms with van der Waals surface area (Å²) >= 11 is 3.46. The molecule has 9 rings (SSSR count). The summed E-state index contributed by atoms with van der Waals surface area (Å²) in [6.45, 7) is 2.48. The molecule has 0 aromatic carbocycles. The van der Waals surface area contributed by atoms with Crippen LogP contribution in [-0.2, 0) is 14.3 Å². The van der Waals surface area contributed by atoms with E-state index in [9.17, 15) is 24.3 Å². The number of carboxylic acids is 1. The molecule has 12 nitrogen and oxygen atoms in total. The molecular weight excluding hydrogens is 845 g/mol. The number of piperidine rings is 2. The van der Waals surface area contributed by atoms with Gasteiger partial charge in [0.05, 0.1) is 29.0 Å². The molecule has 14 heteroatoms. The van der Waals surface area contributed by atoms with Crippen LogP contribution >= 0.6 is 23.5 Å². The van der Waals surface area contributed by atoms with E-state index in [0.717, 1.165) is 125 Å². The molecule has 64 heavy (non-hydrogen) atoms. The fourth-order valence-electron chi connectivity index (χ4n) is 11.8. The number of aromatic nitrogens is 2. The standard InChI is InChI=1S/C50H70N6O6S2/c57-44(51-34-14-3-1-4-15-34)39-23-25-41(53-46(39)63-37-19-7-8-20-37)55-29-11-13-33(31-55)43(48(59)60)50(27-28-50)49(61)62-36-18-12-30-56(32-36)42-26-24-40(45(58)52-35-16-5-2-6-17-35)47(54-42)64-38-21-9-10-22-38/h23-26,33-38,43H,1-22,27-32H2,(H,51,57)(H,52,58)(H,59,60)/t33-,36?,43?/m0/s1. The lowest BCUT2D eigenvalue weighted by Crippen LogP contribution is -2.48. The van der Waals surface area contributed by atoms with Crippen molar-refractivity contribution in [3.63, 3.8) is 0 Å². The van der Waals surface area contributed by atoms with Gasteiger partial charge in [-0.15, -0.1) is 23.5 Å². The zero-order valence-corrected chi connectivity index (χ0v) is 39.4. The second kappa shape index (κ2) is 21.0. The molecule has 0 radical (unpaired) electrons. The first-order chi connectivity index (χ1) is 31.2. The highest BCUT2D eigenvalue weighted by Crippen LogP contribution is 2.57. The fourth-order valence-corrected chi connectivity index (χ4v) is 14.4. The summed E-state index contributed by atoms with van der Waals surface area (Å²) in [6, 6.07) is 8.17. The van der Waals surface area contributed by atoms with Crippen LogP contribution in [0.3, 0.4) is 0 Å². The summed E-state index contributed by atoms with van der Waals surface area (Å²) in [5.41, 5.74) is 0.241. The number of rotatable bonds is 15. The molecule has 2 amide bonds. The molecule has 7 fully saturated rings. The van der Waals surface area contributed by atoms with Crippen LogP contribution in [0.1, 0.15) is 175 Å². The van der Waals surface area contributed by atoms with Crippen LogP contribution in [0.5, 0.6) is 0 Å². The second-order valence-corrected chi connectivity index (χ2v) is 22.7. The number of hydrogen-bond acceptors (Lipinski definition) is 11. The molecule has 2 aromatic rings. The highest BCUT2D eigenvalue weighted by atomic mass is 32.2. The van der Waals surface area contributed by atoms with Crippen molar-refractivity contribution in [1.82, 2.24) is 20.6 Å². The topological polar surface area (TPSA) is 154 Å². The van der Waals surface area contributed by atoms with Gasteiger partial charge in [0.2, 0.25) is 0 Å².